The Balaban J connectivity index is 1.86. The van der Waals surface area contributed by atoms with Crippen molar-refractivity contribution in [2.75, 3.05) is 12.9 Å². The number of carbonyl (C=O) groups is 1. The fourth-order valence-electron chi connectivity index (χ4n) is 2.70. The molecule has 2 aromatic rings. The Morgan fingerprint density at radius 2 is 1.88 bits per heavy atom. The number of thioether (sulfide) groups is 1. The van der Waals surface area contributed by atoms with Crippen LogP contribution in [0.5, 0.6) is 5.75 Å². The summed E-state index contributed by atoms with van der Waals surface area (Å²) in [5, 5.41) is 3.15. The molecule has 1 atom stereocenters. The van der Waals surface area contributed by atoms with E-state index in [2.05, 4.69) is 49.5 Å². The molecule has 0 saturated carbocycles. The van der Waals surface area contributed by atoms with E-state index in [1.165, 1.54) is 10.5 Å². The predicted octanol–water partition coefficient (Wildman–Crippen LogP) is 5.06. The van der Waals surface area contributed by atoms with Crippen LogP contribution in [0.3, 0.4) is 0 Å². The molecule has 1 N–H and O–H groups in total. The number of amides is 1. The van der Waals surface area contributed by atoms with Gasteiger partial charge in [0.2, 0.25) is 5.91 Å². The number of aryl methyl sites for hydroxylation is 2. The van der Waals surface area contributed by atoms with Gasteiger partial charge in [-0.25, -0.2) is 0 Å². The molecule has 0 aliphatic rings. The number of nitrogens with one attached hydrogen (secondary N) is 1. The van der Waals surface area contributed by atoms with Crippen LogP contribution in [0.2, 0.25) is 0 Å². The van der Waals surface area contributed by atoms with E-state index in [4.69, 9.17) is 4.74 Å². The summed E-state index contributed by atoms with van der Waals surface area (Å²) in [6.45, 7) is 6.19. The molecule has 0 aliphatic carbocycles. The summed E-state index contributed by atoms with van der Waals surface area (Å²) < 4.78 is 5.31. The van der Waals surface area contributed by atoms with Crippen LogP contribution in [0.25, 0.3) is 0 Å². The molecule has 4 heteroatoms. The summed E-state index contributed by atoms with van der Waals surface area (Å²) >= 11 is 1.72. The van der Waals surface area contributed by atoms with Crippen LogP contribution in [-0.4, -0.2) is 18.8 Å². The van der Waals surface area contributed by atoms with Crippen molar-refractivity contribution in [3.63, 3.8) is 0 Å². The lowest BCUT2D eigenvalue weighted by molar-refractivity contribution is -0.121. The van der Waals surface area contributed by atoms with E-state index in [1.54, 1.807) is 18.9 Å². The molecule has 2 aromatic carbocycles. The first-order valence-corrected chi connectivity index (χ1v) is 9.65. The number of ether oxygens (including phenoxy) is 1. The van der Waals surface area contributed by atoms with Crippen LogP contribution in [0, 0.1) is 13.8 Å². The van der Waals surface area contributed by atoms with Crippen LogP contribution in [0.15, 0.2) is 47.4 Å². The number of methoxy groups -OCH3 is 1. The first kappa shape index (κ1) is 19.4. The molecule has 0 bridgehead atoms. The van der Waals surface area contributed by atoms with Gasteiger partial charge in [-0.05, 0) is 49.6 Å². The maximum Gasteiger partial charge on any atom is 0.221 e. The molecule has 0 heterocycles. The quantitative estimate of drug-likeness (QED) is 0.671. The van der Waals surface area contributed by atoms with Gasteiger partial charge < -0.3 is 10.1 Å². The van der Waals surface area contributed by atoms with Crippen molar-refractivity contribution in [3.8, 4) is 5.75 Å². The van der Waals surface area contributed by atoms with E-state index in [-0.39, 0.29) is 11.9 Å². The zero-order chi connectivity index (χ0) is 18.2. The van der Waals surface area contributed by atoms with Crippen LogP contribution < -0.4 is 10.1 Å². The van der Waals surface area contributed by atoms with Gasteiger partial charge in [-0.1, -0.05) is 36.8 Å². The zero-order valence-electron chi connectivity index (χ0n) is 15.5. The van der Waals surface area contributed by atoms with Gasteiger partial charge in [-0.2, -0.15) is 0 Å². The Kier molecular flexibility index (Phi) is 7.38. The van der Waals surface area contributed by atoms with Crippen LogP contribution in [-0.2, 0) is 4.79 Å². The molecular formula is C21H27NO2S. The molecule has 0 aromatic heterocycles. The summed E-state index contributed by atoms with van der Waals surface area (Å²) in [6, 6.07) is 14.5. The minimum absolute atomic E-state index is 0.0430. The van der Waals surface area contributed by atoms with Crippen molar-refractivity contribution in [3.05, 3.63) is 59.2 Å². The molecular weight excluding hydrogens is 330 g/mol. The summed E-state index contributed by atoms with van der Waals surface area (Å²) in [4.78, 5) is 13.5. The Morgan fingerprint density at radius 3 is 2.48 bits per heavy atom. The molecule has 1 amide bonds. The molecule has 0 unspecified atom stereocenters. The minimum Gasteiger partial charge on any atom is -0.496 e. The van der Waals surface area contributed by atoms with Gasteiger partial charge in [0.05, 0.1) is 13.2 Å². The van der Waals surface area contributed by atoms with E-state index in [0.29, 0.717) is 6.42 Å². The van der Waals surface area contributed by atoms with Crippen molar-refractivity contribution >= 4 is 17.7 Å². The van der Waals surface area contributed by atoms with Crippen molar-refractivity contribution in [2.45, 2.75) is 44.6 Å². The van der Waals surface area contributed by atoms with Gasteiger partial charge in [-0.3, -0.25) is 4.79 Å². The lowest BCUT2D eigenvalue weighted by atomic mass is 10.0. The first-order chi connectivity index (χ1) is 12.0. The monoisotopic (exact) mass is 357 g/mol. The summed E-state index contributed by atoms with van der Waals surface area (Å²) in [7, 11) is 1.67. The standard InChI is InChI=1S/C21H27NO2S/c1-5-19(17-8-11-20(24-4)16(3)14-17)22-21(23)12-13-25-18-9-6-15(2)7-10-18/h6-11,14,19H,5,12-13H2,1-4H3,(H,22,23)/t19-/m1/s1. The fourth-order valence-corrected chi connectivity index (χ4v) is 3.55. The molecule has 0 spiro atoms. The van der Waals surface area contributed by atoms with E-state index < -0.39 is 0 Å². The van der Waals surface area contributed by atoms with Gasteiger partial charge >= 0.3 is 0 Å². The summed E-state index contributed by atoms with van der Waals surface area (Å²) in [6.07, 6.45) is 1.38. The van der Waals surface area contributed by atoms with Gasteiger partial charge in [0.15, 0.2) is 0 Å². The molecule has 3 nitrogen and oxygen atoms in total. The summed E-state index contributed by atoms with van der Waals surface area (Å²) in [5.41, 5.74) is 3.46. The third-order valence-corrected chi connectivity index (χ3v) is 5.20. The van der Waals surface area contributed by atoms with Crippen molar-refractivity contribution in [1.82, 2.24) is 5.32 Å². The van der Waals surface area contributed by atoms with Crippen LogP contribution >= 0.6 is 11.8 Å². The second kappa shape index (κ2) is 9.52. The highest BCUT2D eigenvalue weighted by Crippen LogP contribution is 2.24. The van der Waals surface area contributed by atoms with Crippen molar-refractivity contribution in [1.29, 1.82) is 0 Å². The van der Waals surface area contributed by atoms with E-state index in [1.807, 2.05) is 19.1 Å². The molecule has 0 fully saturated rings. The van der Waals surface area contributed by atoms with E-state index in [9.17, 15) is 4.79 Å². The average Bonchev–Trinajstić information content (AvgIpc) is 2.61. The van der Waals surface area contributed by atoms with Crippen LogP contribution in [0.1, 0.15) is 42.5 Å². The van der Waals surface area contributed by atoms with Gasteiger partial charge in [0, 0.05) is 17.1 Å². The number of rotatable bonds is 8. The lowest BCUT2D eigenvalue weighted by Crippen LogP contribution is -2.28. The largest absolute Gasteiger partial charge is 0.496 e. The second-order valence-corrected chi connectivity index (χ2v) is 7.34. The Hall–Kier alpha value is -1.94. The maximum absolute atomic E-state index is 12.3. The van der Waals surface area contributed by atoms with E-state index >= 15 is 0 Å². The highest BCUT2D eigenvalue weighted by atomic mass is 32.2. The first-order valence-electron chi connectivity index (χ1n) is 8.66. The fraction of sp³-hybridized carbons (Fsp3) is 0.381. The average molecular weight is 358 g/mol. The third-order valence-electron chi connectivity index (χ3n) is 4.18. The maximum atomic E-state index is 12.3. The molecule has 0 saturated heterocycles. The van der Waals surface area contributed by atoms with Crippen molar-refractivity contribution < 1.29 is 9.53 Å². The predicted molar refractivity (Wildman–Crippen MR) is 105 cm³/mol. The Bertz CT molecular complexity index is 698. The molecule has 0 radical (unpaired) electrons. The van der Waals surface area contributed by atoms with Gasteiger partial charge in [-0.15, -0.1) is 11.8 Å². The smallest absolute Gasteiger partial charge is 0.221 e. The molecule has 134 valence electrons. The van der Waals surface area contributed by atoms with Gasteiger partial charge in [0.25, 0.3) is 0 Å². The molecule has 0 aliphatic heterocycles. The number of benzene rings is 2. The van der Waals surface area contributed by atoms with Gasteiger partial charge in [0.1, 0.15) is 5.75 Å². The normalized spacial score (nSPS) is 11.8. The zero-order valence-corrected chi connectivity index (χ0v) is 16.3. The Labute approximate surface area is 155 Å². The lowest BCUT2D eigenvalue weighted by Gasteiger charge is -2.19. The van der Waals surface area contributed by atoms with Crippen molar-refractivity contribution in [2.24, 2.45) is 0 Å². The van der Waals surface area contributed by atoms with E-state index in [0.717, 1.165) is 29.1 Å². The number of hydrogen-bond donors (Lipinski definition) is 1. The highest BCUT2D eigenvalue weighted by molar-refractivity contribution is 7.99. The number of carbonyl (C=O) groups excluding carboxylic acids is 1. The minimum atomic E-state index is 0.0430. The number of hydrogen-bond acceptors (Lipinski definition) is 3. The topological polar surface area (TPSA) is 38.3 Å². The molecule has 2 rings (SSSR count). The SMILES string of the molecule is CC[C@@H](NC(=O)CCSc1ccc(C)cc1)c1ccc(OC)c(C)c1. The Morgan fingerprint density at radius 1 is 1.16 bits per heavy atom. The molecule has 25 heavy (non-hydrogen) atoms. The summed E-state index contributed by atoms with van der Waals surface area (Å²) in [5.74, 6) is 1.76. The third kappa shape index (κ3) is 5.82. The highest BCUT2D eigenvalue weighted by Gasteiger charge is 2.14. The van der Waals surface area contributed by atoms with Crippen LogP contribution in [0.4, 0.5) is 0 Å². The second-order valence-electron chi connectivity index (χ2n) is 6.17.